The van der Waals surface area contributed by atoms with E-state index in [0.29, 0.717) is 6.61 Å². The number of rotatable bonds is 7. The van der Waals surface area contributed by atoms with Crippen LogP contribution in [-0.2, 0) is 6.54 Å². The van der Waals surface area contributed by atoms with Gasteiger partial charge >= 0.3 is 0 Å². The molecule has 0 saturated heterocycles. The first-order valence-electron chi connectivity index (χ1n) is 8.30. The van der Waals surface area contributed by atoms with Crippen molar-refractivity contribution in [2.45, 2.75) is 39.2 Å². The van der Waals surface area contributed by atoms with Gasteiger partial charge in [-0.3, -0.25) is 0 Å². The summed E-state index contributed by atoms with van der Waals surface area (Å²) in [6.45, 7) is 4.74. The van der Waals surface area contributed by atoms with Crippen molar-refractivity contribution in [1.82, 2.24) is 5.32 Å². The number of ether oxygens (including phenoxy) is 2. The zero-order valence-corrected chi connectivity index (χ0v) is 13.2. The Kier molecular flexibility index (Phi) is 4.69. The maximum Gasteiger partial charge on any atom is 0.161 e. The van der Waals surface area contributed by atoms with Crippen molar-refractivity contribution >= 4 is 0 Å². The van der Waals surface area contributed by atoms with Gasteiger partial charge in [0.05, 0.1) is 13.7 Å². The number of hydrogen-bond donors (Lipinski definition) is 1. The molecule has 3 unspecified atom stereocenters. The maximum absolute atomic E-state index is 5.64. The largest absolute Gasteiger partial charge is 0.493 e. The fourth-order valence-corrected chi connectivity index (χ4v) is 4.13. The molecule has 2 aliphatic carbocycles. The standard InChI is InChI=1S/C18H27NO2/c1-3-21-18-10-14(5-7-17(18)20-2)11-19-12-16-9-13-4-6-15(16)8-13/h5,7,10,13,15-16,19H,3-4,6,8-9,11-12H2,1-2H3. The Bertz CT molecular complexity index is 474. The molecule has 2 bridgehead atoms. The molecular formula is C18H27NO2. The number of benzene rings is 1. The lowest BCUT2D eigenvalue weighted by Gasteiger charge is -2.22. The van der Waals surface area contributed by atoms with E-state index in [4.69, 9.17) is 9.47 Å². The van der Waals surface area contributed by atoms with Crippen LogP contribution in [0, 0.1) is 17.8 Å². The highest BCUT2D eigenvalue weighted by Crippen LogP contribution is 2.47. The van der Waals surface area contributed by atoms with Crippen LogP contribution in [0.1, 0.15) is 38.2 Å². The smallest absolute Gasteiger partial charge is 0.161 e. The lowest BCUT2D eigenvalue weighted by atomic mass is 9.89. The Balaban J connectivity index is 1.51. The van der Waals surface area contributed by atoms with Crippen LogP contribution < -0.4 is 14.8 Å². The second kappa shape index (κ2) is 6.69. The maximum atomic E-state index is 5.64. The van der Waals surface area contributed by atoms with E-state index >= 15 is 0 Å². The highest BCUT2D eigenvalue weighted by Gasteiger charge is 2.38. The van der Waals surface area contributed by atoms with Crippen LogP contribution in [-0.4, -0.2) is 20.3 Å². The summed E-state index contributed by atoms with van der Waals surface area (Å²) in [6, 6.07) is 6.21. The molecule has 0 amide bonds. The van der Waals surface area contributed by atoms with Crippen LogP contribution in [0.3, 0.4) is 0 Å². The van der Waals surface area contributed by atoms with Crippen molar-refractivity contribution in [2.24, 2.45) is 17.8 Å². The summed E-state index contributed by atoms with van der Waals surface area (Å²) in [5.41, 5.74) is 1.27. The van der Waals surface area contributed by atoms with E-state index in [1.807, 2.05) is 13.0 Å². The molecule has 0 aromatic heterocycles. The van der Waals surface area contributed by atoms with Crippen LogP contribution in [0.5, 0.6) is 11.5 Å². The van der Waals surface area contributed by atoms with Gasteiger partial charge in [0.15, 0.2) is 11.5 Å². The molecule has 3 rings (SSSR count). The molecule has 2 fully saturated rings. The van der Waals surface area contributed by atoms with Crippen molar-refractivity contribution in [1.29, 1.82) is 0 Å². The van der Waals surface area contributed by atoms with E-state index in [-0.39, 0.29) is 0 Å². The van der Waals surface area contributed by atoms with Gasteiger partial charge in [-0.25, -0.2) is 0 Å². The monoisotopic (exact) mass is 289 g/mol. The van der Waals surface area contributed by atoms with Crippen molar-refractivity contribution < 1.29 is 9.47 Å². The molecule has 0 radical (unpaired) electrons. The van der Waals surface area contributed by atoms with Gasteiger partial charge in [0.25, 0.3) is 0 Å². The average molecular weight is 289 g/mol. The van der Waals surface area contributed by atoms with Crippen LogP contribution in [0.15, 0.2) is 18.2 Å². The SMILES string of the molecule is CCOc1cc(CNCC2CC3CCC2C3)ccc1OC. The molecule has 1 aromatic carbocycles. The summed E-state index contributed by atoms with van der Waals surface area (Å²) in [4.78, 5) is 0. The Morgan fingerprint density at radius 1 is 1.19 bits per heavy atom. The highest BCUT2D eigenvalue weighted by molar-refractivity contribution is 5.42. The first kappa shape index (κ1) is 14.7. The molecule has 3 heteroatoms. The van der Waals surface area contributed by atoms with Gasteiger partial charge in [0.1, 0.15) is 0 Å². The van der Waals surface area contributed by atoms with E-state index in [1.54, 1.807) is 7.11 Å². The van der Waals surface area contributed by atoms with E-state index in [0.717, 1.165) is 42.3 Å². The summed E-state index contributed by atoms with van der Waals surface area (Å²) in [5.74, 6) is 4.60. The second-order valence-electron chi connectivity index (χ2n) is 6.48. The number of fused-ring (bicyclic) bond motifs is 2. The third-order valence-electron chi connectivity index (χ3n) is 5.15. The molecule has 3 atom stereocenters. The number of nitrogens with one attached hydrogen (secondary N) is 1. The van der Waals surface area contributed by atoms with Crippen LogP contribution in [0.25, 0.3) is 0 Å². The summed E-state index contributed by atoms with van der Waals surface area (Å²) in [7, 11) is 1.69. The molecule has 0 spiro atoms. The zero-order chi connectivity index (χ0) is 14.7. The molecular weight excluding hydrogens is 262 g/mol. The van der Waals surface area contributed by atoms with Gasteiger partial charge in [0, 0.05) is 6.54 Å². The molecule has 2 saturated carbocycles. The van der Waals surface area contributed by atoms with Gasteiger partial charge in [-0.1, -0.05) is 12.5 Å². The van der Waals surface area contributed by atoms with Crippen LogP contribution >= 0.6 is 0 Å². The number of methoxy groups -OCH3 is 1. The van der Waals surface area contributed by atoms with E-state index in [9.17, 15) is 0 Å². The molecule has 2 aliphatic rings. The fourth-order valence-electron chi connectivity index (χ4n) is 4.13. The van der Waals surface area contributed by atoms with Crippen LogP contribution in [0.2, 0.25) is 0 Å². The Labute approximate surface area is 128 Å². The third kappa shape index (κ3) is 3.34. The Morgan fingerprint density at radius 3 is 2.76 bits per heavy atom. The molecule has 116 valence electrons. The van der Waals surface area contributed by atoms with E-state index in [1.165, 1.54) is 31.2 Å². The number of hydrogen-bond acceptors (Lipinski definition) is 3. The van der Waals surface area contributed by atoms with E-state index < -0.39 is 0 Å². The molecule has 21 heavy (non-hydrogen) atoms. The second-order valence-corrected chi connectivity index (χ2v) is 6.48. The topological polar surface area (TPSA) is 30.5 Å². The molecule has 1 aromatic rings. The molecule has 0 aliphatic heterocycles. The lowest BCUT2D eigenvalue weighted by Crippen LogP contribution is -2.26. The predicted octanol–water partition coefficient (Wildman–Crippen LogP) is 3.62. The lowest BCUT2D eigenvalue weighted by molar-refractivity contribution is 0.309. The van der Waals surface area contributed by atoms with Gasteiger partial charge < -0.3 is 14.8 Å². The first-order chi connectivity index (χ1) is 10.3. The minimum atomic E-state index is 0.665. The normalized spacial score (nSPS) is 27.0. The van der Waals surface area contributed by atoms with Crippen molar-refractivity contribution in [3.8, 4) is 11.5 Å². The van der Waals surface area contributed by atoms with Crippen molar-refractivity contribution in [3.63, 3.8) is 0 Å². The Hall–Kier alpha value is -1.22. The third-order valence-corrected chi connectivity index (χ3v) is 5.15. The fraction of sp³-hybridized carbons (Fsp3) is 0.667. The molecule has 3 nitrogen and oxygen atoms in total. The summed E-state index contributed by atoms with van der Waals surface area (Å²) in [5, 5.41) is 3.64. The van der Waals surface area contributed by atoms with E-state index in [2.05, 4.69) is 17.4 Å². The van der Waals surface area contributed by atoms with Gasteiger partial charge in [-0.05, 0) is 68.2 Å². The predicted molar refractivity (Wildman–Crippen MR) is 84.8 cm³/mol. The summed E-state index contributed by atoms with van der Waals surface area (Å²) >= 11 is 0. The zero-order valence-electron chi connectivity index (χ0n) is 13.2. The first-order valence-corrected chi connectivity index (χ1v) is 8.30. The van der Waals surface area contributed by atoms with Crippen LogP contribution in [0.4, 0.5) is 0 Å². The summed E-state index contributed by atoms with van der Waals surface area (Å²) < 4.78 is 11.0. The summed E-state index contributed by atoms with van der Waals surface area (Å²) in [6.07, 6.45) is 5.89. The Morgan fingerprint density at radius 2 is 2.10 bits per heavy atom. The minimum Gasteiger partial charge on any atom is -0.493 e. The average Bonchev–Trinajstić information content (AvgIpc) is 3.11. The molecule has 1 N–H and O–H groups in total. The van der Waals surface area contributed by atoms with Crippen molar-refractivity contribution in [3.05, 3.63) is 23.8 Å². The van der Waals surface area contributed by atoms with Gasteiger partial charge in [-0.2, -0.15) is 0 Å². The van der Waals surface area contributed by atoms with Gasteiger partial charge in [0.2, 0.25) is 0 Å². The van der Waals surface area contributed by atoms with Gasteiger partial charge in [-0.15, -0.1) is 0 Å². The highest BCUT2D eigenvalue weighted by atomic mass is 16.5. The molecule has 0 heterocycles. The van der Waals surface area contributed by atoms with Crippen molar-refractivity contribution in [2.75, 3.05) is 20.3 Å². The quantitative estimate of drug-likeness (QED) is 0.831. The minimum absolute atomic E-state index is 0.665.